The van der Waals surface area contributed by atoms with E-state index >= 15 is 0 Å². The molecule has 0 spiro atoms. The zero-order chi connectivity index (χ0) is 17.4. The van der Waals surface area contributed by atoms with Crippen LogP contribution in [-0.2, 0) is 4.74 Å². The van der Waals surface area contributed by atoms with Gasteiger partial charge in [-0.3, -0.25) is 15.6 Å². The first-order chi connectivity index (χ1) is 10.9. The van der Waals surface area contributed by atoms with Gasteiger partial charge in [0.15, 0.2) is 16.6 Å². The molecule has 1 rings (SSSR count). The van der Waals surface area contributed by atoms with E-state index in [1.807, 2.05) is 6.92 Å². The van der Waals surface area contributed by atoms with E-state index in [1.54, 1.807) is 7.11 Å². The zero-order valence-corrected chi connectivity index (χ0v) is 14.9. The fourth-order valence-corrected chi connectivity index (χ4v) is 2.33. The second-order valence-electron chi connectivity index (χ2n) is 4.60. The van der Waals surface area contributed by atoms with Gasteiger partial charge in [-0.05, 0) is 31.3 Å². The highest BCUT2D eigenvalue weighted by Crippen LogP contribution is 2.35. The summed E-state index contributed by atoms with van der Waals surface area (Å²) in [6, 6.07) is 3.00. The molecular formula is C14H20ClN3O4S. The molecule has 0 radical (unpaired) electrons. The third-order valence-corrected chi connectivity index (χ3v) is 3.28. The summed E-state index contributed by atoms with van der Waals surface area (Å²) in [6.45, 7) is 2.38. The summed E-state index contributed by atoms with van der Waals surface area (Å²) in [5.41, 5.74) is 5.38. The number of hydrogen-bond acceptors (Lipinski definition) is 5. The maximum absolute atomic E-state index is 12.1. The molecule has 9 heteroatoms. The van der Waals surface area contributed by atoms with Gasteiger partial charge in [0.05, 0.1) is 25.8 Å². The fourth-order valence-electron chi connectivity index (χ4n) is 1.79. The van der Waals surface area contributed by atoms with Crippen LogP contribution in [0.15, 0.2) is 12.1 Å². The molecule has 0 bridgehead atoms. The average Bonchev–Trinajstić information content (AvgIpc) is 2.51. The van der Waals surface area contributed by atoms with E-state index < -0.39 is 5.91 Å². The number of hydrogen-bond donors (Lipinski definition) is 3. The van der Waals surface area contributed by atoms with Crippen LogP contribution in [0.2, 0.25) is 5.02 Å². The summed E-state index contributed by atoms with van der Waals surface area (Å²) in [5.74, 6) is 0.306. The lowest BCUT2D eigenvalue weighted by atomic mass is 10.2. The molecule has 0 unspecified atom stereocenters. The van der Waals surface area contributed by atoms with E-state index in [9.17, 15) is 4.79 Å². The van der Waals surface area contributed by atoms with E-state index in [4.69, 9.17) is 38.0 Å². The number of carbonyl (C=O) groups excluding carboxylic acids is 1. The van der Waals surface area contributed by atoms with Crippen molar-refractivity contribution in [1.82, 2.24) is 16.2 Å². The maximum Gasteiger partial charge on any atom is 0.269 e. The van der Waals surface area contributed by atoms with Gasteiger partial charge in [-0.1, -0.05) is 11.6 Å². The number of amides is 1. The first-order valence-corrected chi connectivity index (χ1v) is 7.48. The standard InChI is InChI=1S/C14H20ClN3O4S/c1-8(7-20-2)16-14(23)18-17-13(19)9-5-10(15)12(22-4)11(6-9)21-3/h5-6,8H,7H2,1-4H3,(H,17,19)(H2,16,18,23)/t8-/m0/s1. The van der Waals surface area contributed by atoms with Gasteiger partial charge in [-0.2, -0.15) is 0 Å². The molecule has 7 nitrogen and oxygen atoms in total. The molecule has 0 aliphatic rings. The fraction of sp³-hybridized carbons (Fsp3) is 0.429. The summed E-state index contributed by atoms with van der Waals surface area (Å²) < 4.78 is 15.3. The van der Waals surface area contributed by atoms with Crippen molar-refractivity contribution in [1.29, 1.82) is 0 Å². The zero-order valence-electron chi connectivity index (χ0n) is 13.4. The summed E-state index contributed by atoms with van der Waals surface area (Å²) in [6.07, 6.45) is 0. The van der Waals surface area contributed by atoms with Crippen molar-refractivity contribution in [2.45, 2.75) is 13.0 Å². The number of methoxy groups -OCH3 is 3. The molecule has 0 aromatic heterocycles. The third-order valence-electron chi connectivity index (χ3n) is 2.78. The summed E-state index contributed by atoms with van der Waals surface area (Å²) in [7, 11) is 4.53. The van der Waals surface area contributed by atoms with Crippen molar-refractivity contribution in [3.63, 3.8) is 0 Å². The molecule has 0 fully saturated rings. The Bertz CT molecular complexity index is 571. The van der Waals surface area contributed by atoms with Crippen molar-refractivity contribution in [2.24, 2.45) is 0 Å². The molecule has 3 N–H and O–H groups in total. The smallest absolute Gasteiger partial charge is 0.269 e. The molecular weight excluding hydrogens is 342 g/mol. The summed E-state index contributed by atoms with van der Waals surface area (Å²) in [4.78, 5) is 12.1. The van der Waals surface area contributed by atoms with Gasteiger partial charge in [0, 0.05) is 18.7 Å². The van der Waals surface area contributed by atoms with Crippen molar-refractivity contribution in [2.75, 3.05) is 27.9 Å². The summed E-state index contributed by atoms with van der Waals surface area (Å²) >= 11 is 11.1. The lowest BCUT2D eigenvalue weighted by Crippen LogP contribution is -2.49. The minimum atomic E-state index is -0.420. The topological polar surface area (TPSA) is 80.9 Å². The Kier molecular flexibility index (Phi) is 7.87. The molecule has 1 atom stereocenters. The predicted molar refractivity (Wildman–Crippen MR) is 92.2 cm³/mol. The van der Waals surface area contributed by atoms with Crippen LogP contribution in [-0.4, -0.2) is 45.0 Å². The van der Waals surface area contributed by atoms with E-state index in [0.29, 0.717) is 23.7 Å². The molecule has 1 aromatic carbocycles. The van der Waals surface area contributed by atoms with Gasteiger partial charge in [-0.25, -0.2) is 0 Å². The summed E-state index contributed by atoms with van der Waals surface area (Å²) in [5, 5.41) is 3.49. The molecule has 23 heavy (non-hydrogen) atoms. The largest absolute Gasteiger partial charge is 0.493 e. The maximum atomic E-state index is 12.1. The number of rotatable bonds is 6. The number of hydrazine groups is 1. The minimum absolute atomic E-state index is 0.00688. The number of ether oxygens (including phenoxy) is 3. The SMILES string of the molecule is COC[C@H](C)NC(=S)NNC(=O)c1cc(Cl)c(OC)c(OC)c1. The Morgan fingerprint density at radius 1 is 1.26 bits per heavy atom. The van der Waals surface area contributed by atoms with Crippen molar-refractivity contribution in [3.8, 4) is 11.5 Å². The normalized spacial score (nSPS) is 11.3. The molecule has 1 aromatic rings. The number of halogens is 1. The molecule has 0 aliphatic carbocycles. The van der Waals surface area contributed by atoms with Gasteiger partial charge in [0.25, 0.3) is 5.91 Å². The molecule has 0 heterocycles. The van der Waals surface area contributed by atoms with Crippen molar-refractivity contribution < 1.29 is 19.0 Å². The lowest BCUT2D eigenvalue weighted by molar-refractivity contribution is 0.0943. The van der Waals surface area contributed by atoms with Gasteiger partial charge in [0.1, 0.15) is 0 Å². The van der Waals surface area contributed by atoms with Gasteiger partial charge in [-0.15, -0.1) is 0 Å². The third kappa shape index (κ3) is 5.74. The van der Waals surface area contributed by atoms with Crippen LogP contribution in [0.1, 0.15) is 17.3 Å². The molecule has 128 valence electrons. The first-order valence-electron chi connectivity index (χ1n) is 6.70. The average molecular weight is 362 g/mol. The van der Waals surface area contributed by atoms with E-state index in [1.165, 1.54) is 26.4 Å². The van der Waals surface area contributed by atoms with Crippen LogP contribution in [0, 0.1) is 0 Å². The van der Waals surface area contributed by atoms with E-state index in [-0.39, 0.29) is 16.2 Å². The van der Waals surface area contributed by atoms with Gasteiger partial charge >= 0.3 is 0 Å². The second-order valence-corrected chi connectivity index (χ2v) is 5.42. The van der Waals surface area contributed by atoms with Crippen LogP contribution in [0.5, 0.6) is 11.5 Å². The Morgan fingerprint density at radius 3 is 2.52 bits per heavy atom. The van der Waals surface area contributed by atoms with E-state index in [2.05, 4.69) is 16.2 Å². The highest BCUT2D eigenvalue weighted by molar-refractivity contribution is 7.80. The number of carbonyl (C=O) groups is 1. The minimum Gasteiger partial charge on any atom is -0.493 e. The number of thiocarbonyl (C=S) groups is 1. The Labute approximate surface area is 145 Å². The lowest BCUT2D eigenvalue weighted by Gasteiger charge is -2.17. The van der Waals surface area contributed by atoms with Crippen LogP contribution >= 0.6 is 23.8 Å². The van der Waals surface area contributed by atoms with Crippen LogP contribution in [0.3, 0.4) is 0 Å². The van der Waals surface area contributed by atoms with Gasteiger partial charge < -0.3 is 19.5 Å². The molecule has 0 saturated carbocycles. The van der Waals surface area contributed by atoms with Crippen LogP contribution in [0.4, 0.5) is 0 Å². The number of nitrogens with one attached hydrogen (secondary N) is 3. The van der Waals surface area contributed by atoms with Crippen LogP contribution in [0.25, 0.3) is 0 Å². The van der Waals surface area contributed by atoms with E-state index in [0.717, 1.165) is 0 Å². The Hall–Kier alpha value is -1.77. The number of benzene rings is 1. The van der Waals surface area contributed by atoms with Gasteiger partial charge in [0.2, 0.25) is 0 Å². The monoisotopic (exact) mass is 361 g/mol. The Balaban J connectivity index is 2.68. The first kappa shape index (κ1) is 19.3. The quantitative estimate of drug-likeness (QED) is 0.523. The van der Waals surface area contributed by atoms with Crippen molar-refractivity contribution >= 4 is 34.8 Å². The second kappa shape index (κ2) is 9.39. The molecule has 0 aliphatic heterocycles. The van der Waals surface area contributed by atoms with Crippen LogP contribution < -0.4 is 25.6 Å². The van der Waals surface area contributed by atoms with Crippen molar-refractivity contribution in [3.05, 3.63) is 22.7 Å². The predicted octanol–water partition coefficient (Wildman–Crippen LogP) is 1.50. The Morgan fingerprint density at radius 2 is 1.96 bits per heavy atom. The molecule has 1 amide bonds. The molecule has 0 saturated heterocycles. The highest BCUT2D eigenvalue weighted by Gasteiger charge is 2.15. The highest BCUT2D eigenvalue weighted by atomic mass is 35.5.